The van der Waals surface area contributed by atoms with Crippen molar-refractivity contribution in [1.29, 1.82) is 0 Å². The zero-order valence-electron chi connectivity index (χ0n) is 14.1. The molecule has 1 fully saturated rings. The van der Waals surface area contributed by atoms with Gasteiger partial charge < -0.3 is 10.2 Å². The second kappa shape index (κ2) is 5.83. The van der Waals surface area contributed by atoms with Crippen LogP contribution in [0.2, 0.25) is 0 Å². The fourth-order valence-electron chi connectivity index (χ4n) is 3.70. The molecule has 1 aliphatic rings. The Morgan fingerprint density at radius 2 is 2.00 bits per heavy atom. The molecule has 0 spiro atoms. The van der Waals surface area contributed by atoms with E-state index in [0.29, 0.717) is 11.2 Å². The summed E-state index contributed by atoms with van der Waals surface area (Å²) in [6, 6.07) is 0. The number of hydrogen-bond donors (Lipinski definition) is 1. The maximum absolute atomic E-state index is 4.48. The van der Waals surface area contributed by atoms with E-state index in [9.17, 15) is 0 Å². The van der Waals surface area contributed by atoms with Crippen LogP contribution in [0.25, 0.3) is 5.78 Å². The SMILES string of the molecule is Cc1nc2ncnn2c(NCC2(CN(C)C)CCCC2)c1C. The highest BCUT2D eigenvalue weighted by Gasteiger charge is 2.34. The lowest BCUT2D eigenvalue weighted by atomic mass is 9.85. The summed E-state index contributed by atoms with van der Waals surface area (Å²) in [7, 11) is 4.33. The van der Waals surface area contributed by atoms with Crippen molar-refractivity contribution in [3.8, 4) is 0 Å². The molecule has 0 atom stereocenters. The van der Waals surface area contributed by atoms with Gasteiger partial charge in [-0.1, -0.05) is 12.8 Å². The molecular formula is C16H26N6. The minimum atomic E-state index is 0.361. The standard InChI is InChI=1S/C16H26N6/c1-12-13(2)20-15-18-11-19-22(15)14(12)17-9-16(10-21(3)4)7-5-6-8-16/h11,17H,5-10H2,1-4H3. The molecule has 0 saturated heterocycles. The molecule has 2 aromatic rings. The van der Waals surface area contributed by atoms with Crippen molar-refractivity contribution in [2.24, 2.45) is 5.41 Å². The molecule has 3 rings (SSSR count). The lowest BCUT2D eigenvalue weighted by Gasteiger charge is -2.33. The first-order valence-corrected chi connectivity index (χ1v) is 8.06. The van der Waals surface area contributed by atoms with Crippen molar-refractivity contribution >= 4 is 11.6 Å². The number of rotatable bonds is 5. The van der Waals surface area contributed by atoms with E-state index >= 15 is 0 Å². The van der Waals surface area contributed by atoms with Crippen LogP contribution < -0.4 is 5.32 Å². The van der Waals surface area contributed by atoms with E-state index in [1.165, 1.54) is 25.7 Å². The number of nitrogens with one attached hydrogen (secondary N) is 1. The fourth-order valence-corrected chi connectivity index (χ4v) is 3.70. The van der Waals surface area contributed by atoms with Crippen molar-refractivity contribution < 1.29 is 0 Å². The van der Waals surface area contributed by atoms with Crippen molar-refractivity contribution in [3.05, 3.63) is 17.6 Å². The van der Waals surface area contributed by atoms with Gasteiger partial charge in [-0.3, -0.25) is 0 Å². The molecule has 6 nitrogen and oxygen atoms in total. The van der Waals surface area contributed by atoms with Crippen molar-refractivity contribution in [3.63, 3.8) is 0 Å². The quantitative estimate of drug-likeness (QED) is 0.918. The highest BCUT2D eigenvalue weighted by atomic mass is 15.4. The molecule has 1 N–H and O–H groups in total. The van der Waals surface area contributed by atoms with E-state index < -0.39 is 0 Å². The minimum absolute atomic E-state index is 0.361. The molecule has 2 aromatic heterocycles. The van der Waals surface area contributed by atoms with Crippen LogP contribution in [0.4, 0.5) is 5.82 Å². The van der Waals surface area contributed by atoms with E-state index in [4.69, 9.17) is 0 Å². The van der Waals surface area contributed by atoms with Gasteiger partial charge in [0.25, 0.3) is 5.78 Å². The first kappa shape index (κ1) is 15.2. The fraction of sp³-hybridized carbons (Fsp3) is 0.688. The van der Waals surface area contributed by atoms with E-state index in [1.807, 2.05) is 11.4 Å². The predicted molar refractivity (Wildman–Crippen MR) is 88.2 cm³/mol. The minimum Gasteiger partial charge on any atom is -0.369 e. The molecule has 6 heteroatoms. The largest absolute Gasteiger partial charge is 0.369 e. The Kier molecular flexibility index (Phi) is 4.04. The molecule has 0 aliphatic heterocycles. The lowest BCUT2D eigenvalue weighted by molar-refractivity contribution is 0.215. The summed E-state index contributed by atoms with van der Waals surface area (Å²) in [6.07, 6.45) is 6.83. The number of aryl methyl sites for hydroxylation is 1. The Hall–Kier alpha value is -1.69. The monoisotopic (exact) mass is 302 g/mol. The van der Waals surface area contributed by atoms with E-state index in [1.54, 1.807) is 6.33 Å². The van der Waals surface area contributed by atoms with Gasteiger partial charge in [-0.25, -0.2) is 4.98 Å². The van der Waals surface area contributed by atoms with Gasteiger partial charge in [0.15, 0.2) is 0 Å². The van der Waals surface area contributed by atoms with Crippen molar-refractivity contribution in [1.82, 2.24) is 24.5 Å². The van der Waals surface area contributed by atoms with Crippen molar-refractivity contribution in [2.45, 2.75) is 39.5 Å². The Bertz CT molecular complexity index is 654. The van der Waals surface area contributed by atoms with Gasteiger partial charge in [0.2, 0.25) is 0 Å². The zero-order chi connectivity index (χ0) is 15.7. The summed E-state index contributed by atoms with van der Waals surface area (Å²) in [4.78, 5) is 11.0. The number of anilines is 1. The van der Waals surface area contributed by atoms with Crippen LogP contribution >= 0.6 is 0 Å². The molecule has 0 amide bonds. The lowest BCUT2D eigenvalue weighted by Crippen LogP contribution is -2.37. The van der Waals surface area contributed by atoms with Crippen LogP contribution in [0.15, 0.2) is 6.33 Å². The first-order chi connectivity index (χ1) is 10.5. The van der Waals surface area contributed by atoms with Gasteiger partial charge in [0.1, 0.15) is 12.1 Å². The Morgan fingerprint density at radius 1 is 1.27 bits per heavy atom. The number of fused-ring (bicyclic) bond motifs is 1. The zero-order valence-corrected chi connectivity index (χ0v) is 14.1. The molecule has 120 valence electrons. The predicted octanol–water partition coefficient (Wildman–Crippen LogP) is 2.28. The highest BCUT2D eigenvalue weighted by Crippen LogP contribution is 2.38. The Balaban J connectivity index is 1.86. The van der Waals surface area contributed by atoms with Gasteiger partial charge in [-0.05, 0) is 40.8 Å². The van der Waals surface area contributed by atoms with E-state index in [2.05, 4.69) is 46.3 Å². The molecule has 0 aromatic carbocycles. The molecule has 22 heavy (non-hydrogen) atoms. The van der Waals surface area contributed by atoms with Crippen LogP contribution in [0.1, 0.15) is 36.9 Å². The smallest absolute Gasteiger partial charge is 0.254 e. The maximum Gasteiger partial charge on any atom is 0.254 e. The van der Waals surface area contributed by atoms with Crippen LogP contribution in [-0.4, -0.2) is 51.7 Å². The Labute approximate surface area is 131 Å². The highest BCUT2D eigenvalue weighted by molar-refractivity contribution is 5.51. The average Bonchev–Trinajstić information content (AvgIpc) is 3.08. The van der Waals surface area contributed by atoms with Crippen molar-refractivity contribution in [2.75, 3.05) is 32.5 Å². The van der Waals surface area contributed by atoms with Gasteiger partial charge in [0, 0.05) is 29.8 Å². The van der Waals surface area contributed by atoms with E-state index in [0.717, 1.165) is 30.2 Å². The van der Waals surface area contributed by atoms with Gasteiger partial charge in [0.05, 0.1) is 0 Å². The van der Waals surface area contributed by atoms with Gasteiger partial charge in [-0.15, -0.1) is 0 Å². The first-order valence-electron chi connectivity index (χ1n) is 8.06. The molecule has 0 unspecified atom stereocenters. The van der Waals surface area contributed by atoms with Crippen LogP contribution in [0, 0.1) is 19.3 Å². The third kappa shape index (κ3) is 2.79. The summed E-state index contributed by atoms with van der Waals surface area (Å²) in [5.74, 6) is 1.70. The molecule has 2 heterocycles. The second-order valence-electron chi connectivity index (χ2n) is 6.94. The molecule has 0 bridgehead atoms. The topological polar surface area (TPSA) is 58.4 Å². The van der Waals surface area contributed by atoms with Gasteiger partial charge in [-0.2, -0.15) is 14.6 Å². The number of aromatic nitrogens is 4. The van der Waals surface area contributed by atoms with E-state index in [-0.39, 0.29) is 0 Å². The number of hydrogen-bond acceptors (Lipinski definition) is 5. The van der Waals surface area contributed by atoms with Crippen LogP contribution in [0.5, 0.6) is 0 Å². The van der Waals surface area contributed by atoms with Crippen LogP contribution in [-0.2, 0) is 0 Å². The molecule has 1 saturated carbocycles. The van der Waals surface area contributed by atoms with Gasteiger partial charge >= 0.3 is 0 Å². The third-order valence-corrected chi connectivity index (χ3v) is 4.85. The normalized spacial score (nSPS) is 17.5. The summed E-state index contributed by atoms with van der Waals surface area (Å²) >= 11 is 0. The third-order valence-electron chi connectivity index (χ3n) is 4.85. The maximum atomic E-state index is 4.48. The molecule has 0 radical (unpaired) electrons. The molecule has 1 aliphatic carbocycles. The number of nitrogens with zero attached hydrogens (tertiary/aromatic N) is 5. The summed E-state index contributed by atoms with van der Waals surface area (Å²) in [6.45, 7) is 6.23. The Morgan fingerprint density at radius 3 is 2.68 bits per heavy atom. The summed E-state index contributed by atoms with van der Waals surface area (Å²) < 4.78 is 1.82. The van der Waals surface area contributed by atoms with Crippen LogP contribution in [0.3, 0.4) is 0 Å². The second-order valence-corrected chi connectivity index (χ2v) is 6.94. The molecular weight excluding hydrogens is 276 g/mol. The summed E-state index contributed by atoms with van der Waals surface area (Å²) in [5, 5.41) is 7.98. The summed E-state index contributed by atoms with van der Waals surface area (Å²) in [5.41, 5.74) is 2.52. The average molecular weight is 302 g/mol.